The molecule has 48 heavy (non-hydrogen) atoms. The monoisotopic (exact) mass is 773 g/mol. The maximum atomic E-state index is 12.0. The van der Waals surface area contributed by atoms with Crippen LogP contribution in [0.3, 0.4) is 0 Å². The highest BCUT2D eigenvalue weighted by Crippen LogP contribution is 2.35. The van der Waals surface area contributed by atoms with Crippen molar-refractivity contribution in [3.05, 3.63) is 37.9 Å². The van der Waals surface area contributed by atoms with Crippen LogP contribution >= 0.6 is 38.6 Å². The van der Waals surface area contributed by atoms with E-state index in [0.29, 0.717) is 57.6 Å². The molecular weight excluding hydrogens is 726 g/mol. The predicted octanol–water partition coefficient (Wildman–Crippen LogP) is 6.83. The summed E-state index contributed by atoms with van der Waals surface area (Å²) in [5.41, 5.74) is 0.977. The van der Waals surface area contributed by atoms with Crippen LogP contribution in [-0.4, -0.2) is 119 Å². The van der Waals surface area contributed by atoms with Crippen molar-refractivity contribution < 1.29 is 38.6 Å². The molecule has 2 aliphatic rings. The second kappa shape index (κ2) is 18.2. The maximum Gasteiger partial charge on any atom is 0.410 e. The third kappa shape index (κ3) is 11.9. The summed E-state index contributed by atoms with van der Waals surface area (Å²) in [6.45, 7) is 15.5. The lowest BCUT2D eigenvalue weighted by Gasteiger charge is -2.36. The van der Waals surface area contributed by atoms with Crippen LogP contribution in [0.1, 0.15) is 70.9 Å². The number of carbonyl (C=O) groups is 2. The molecule has 2 N–H and O–H groups in total. The Morgan fingerprint density at radius 2 is 1.48 bits per heavy atom. The Bertz CT molecular complexity index is 1460. The van der Waals surface area contributed by atoms with Crippen molar-refractivity contribution in [3.63, 3.8) is 0 Å². The Hall–Kier alpha value is -2.92. The van der Waals surface area contributed by atoms with Crippen molar-refractivity contribution in [3.8, 4) is 0 Å². The summed E-state index contributed by atoms with van der Waals surface area (Å²) >= 11 is 6.62. The van der Waals surface area contributed by atoms with Crippen LogP contribution < -0.4 is 0 Å². The Labute approximate surface area is 298 Å². The van der Waals surface area contributed by atoms with Gasteiger partial charge in [0.25, 0.3) is 0 Å². The molecule has 0 aromatic carbocycles. The number of piperazine rings is 1. The van der Waals surface area contributed by atoms with E-state index in [0.717, 1.165) is 38.2 Å². The molecule has 2 amide bonds. The number of likely N-dealkylation sites (tertiary alicyclic amines) is 1. The number of carbonyl (C=O) groups excluding carboxylic acids is 2. The first kappa shape index (κ1) is 39.5. The lowest BCUT2D eigenvalue weighted by Crippen LogP contribution is -2.51. The fraction of sp³-hybridized carbons (Fsp3) is 0.625. The molecule has 13 nitrogen and oxygen atoms in total. The van der Waals surface area contributed by atoms with E-state index in [4.69, 9.17) is 19.1 Å². The number of piperidine rings is 1. The molecule has 0 radical (unpaired) electrons. The van der Waals surface area contributed by atoms with E-state index < -0.39 is 11.2 Å². The number of nitrogens with zero attached hydrogens (tertiary/aromatic N) is 5. The number of hydrogen-bond acceptors (Lipinski definition) is 12. The zero-order chi connectivity index (χ0) is 35.5. The first-order valence-corrected chi connectivity index (χ1v) is 18.3. The average molecular weight is 775 g/mol. The fourth-order valence-corrected chi connectivity index (χ4v) is 7.28. The van der Waals surface area contributed by atoms with Crippen molar-refractivity contribution in [2.45, 2.75) is 71.5 Å². The number of amidine groups is 1. The number of hydrogen-bond donors (Lipinski definition) is 2. The second-order valence-electron chi connectivity index (χ2n) is 13.1. The number of aliphatic hydroxyl groups excluding tert-OH is 1. The zero-order valence-electron chi connectivity index (χ0n) is 28.7. The van der Waals surface area contributed by atoms with E-state index in [1.165, 1.54) is 11.3 Å². The molecule has 3 aromatic rings. The van der Waals surface area contributed by atoms with Gasteiger partial charge in [-0.1, -0.05) is 10.3 Å². The van der Waals surface area contributed by atoms with Crippen molar-refractivity contribution in [1.82, 2.24) is 19.9 Å². The van der Waals surface area contributed by atoms with Gasteiger partial charge >= 0.3 is 12.2 Å². The number of halogens is 1. The van der Waals surface area contributed by atoms with E-state index in [-0.39, 0.29) is 18.8 Å². The number of thiophene rings is 2. The first-order chi connectivity index (χ1) is 22.7. The van der Waals surface area contributed by atoms with Gasteiger partial charge in [-0.2, -0.15) is 0 Å². The average Bonchev–Trinajstić information content (AvgIpc) is 3.76. The molecule has 0 aliphatic carbocycles. The highest BCUT2D eigenvalue weighted by molar-refractivity contribution is 9.10. The van der Waals surface area contributed by atoms with Crippen LogP contribution in [-0.2, 0) is 14.2 Å². The SMILES string of the molecule is CC(C)(C)OC(=O)N1CCC(c2noc3ccsc23)CC1.CC(C)(C)OC(=O)N1CCN(/C(=N\O)c2sccc2Br)CC1.COCCO. The number of methoxy groups -OCH3 is 1. The minimum Gasteiger partial charge on any atom is -0.444 e. The zero-order valence-corrected chi connectivity index (χ0v) is 32.0. The summed E-state index contributed by atoms with van der Waals surface area (Å²) < 4.78 is 22.6. The van der Waals surface area contributed by atoms with E-state index in [1.807, 2.05) is 69.3 Å². The molecule has 2 saturated heterocycles. The van der Waals surface area contributed by atoms with Crippen molar-refractivity contribution >= 4 is 66.9 Å². The molecule has 3 aromatic heterocycles. The van der Waals surface area contributed by atoms with Crippen molar-refractivity contribution in [2.24, 2.45) is 5.16 Å². The van der Waals surface area contributed by atoms with Gasteiger partial charge in [0.15, 0.2) is 11.4 Å². The van der Waals surface area contributed by atoms with E-state index >= 15 is 0 Å². The van der Waals surface area contributed by atoms with Crippen LogP contribution in [0.2, 0.25) is 0 Å². The maximum absolute atomic E-state index is 12.0. The summed E-state index contributed by atoms with van der Waals surface area (Å²) in [7, 11) is 1.55. The highest BCUT2D eigenvalue weighted by Gasteiger charge is 2.31. The van der Waals surface area contributed by atoms with Gasteiger partial charge < -0.3 is 43.7 Å². The van der Waals surface area contributed by atoms with E-state index in [2.05, 4.69) is 31.0 Å². The van der Waals surface area contributed by atoms with Crippen LogP contribution in [0, 0.1) is 0 Å². The molecule has 2 aliphatic heterocycles. The summed E-state index contributed by atoms with van der Waals surface area (Å²) in [4.78, 5) is 30.4. The van der Waals surface area contributed by atoms with Crippen LogP contribution in [0.5, 0.6) is 0 Å². The number of fused-ring (bicyclic) bond motifs is 1. The van der Waals surface area contributed by atoms with Crippen LogP contribution in [0.25, 0.3) is 10.3 Å². The molecule has 0 atom stereocenters. The molecule has 0 unspecified atom stereocenters. The van der Waals surface area contributed by atoms with E-state index in [9.17, 15) is 14.8 Å². The Balaban J connectivity index is 0.000000229. The van der Waals surface area contributed by atoms with Gasteiger partial charge in [0.2, 0.25) is 0 Å². The van der Waals surface area contributed by atoms with Crippen LogP contribution in [0.4, 0.5) is 9.59 Å². The van der Waals surface area contributed by atoms with Crippen LogP contribution in [0.15, 0.2) is 37.0 Å². The minimum atomic E-state index is -0.492. The van der Waals surface area contributed by atoms with Crippen molar-refractivity contribution in [2.75, 3.05) is 59.6 Å². The lowest BCUT2D eigenvalue weighted by atomic mass is 9.94. The van der Waals surface area contributed by atoms with Crippen molar-refractivity contribution in [1.29, 1.82) is 0 Å². The number of ether oxygens (including phenoxy) is 3. The van der Waals surface area contributed by atoms with Gasteiger partial charge in [0.1, 0.15) is 16.9 Å². The summed E-state index contributed by atoms with van der Waals surface area (Å²) in [5, 5.41) is 28.9. The Kier molecular flexibility index (Phi) is 15.0. The third-order valence-electron chi connectivity index (χ3n) is 7.08. The highest BCUT2D eigenvalue weighted by atomic mass is 79.9. The molecule has 0 spiro atoms. The van der Waals surface area contributed by atoms with Gasteiger partial charge in [-0.3, -0.25) is 0 Å². The second-order valence-corrected chi connectivity index (χ2v) is 15.8. The van der Waals surface area contributed by atoms with Gasteiger partial charge in [-0.25, -0.2) is 9.59 Å². The molecule has 16 heteroatoms. The summed E-state index contributed by atoms with van der Waals surface area (Å²) in [6, 6.07) is 3.87. The molecular formula is C32H48BrN5O8S2. The smallest absolute Gasteiger partial charge is 0.410 e. The fourth-order valence-electron chi connectivity index (χ4n) is 4.84. The van der Waals surface area contributed by atoms with Gasteiger partial charge in [-0.15, -0.1) is 22.7 Å². The third-order valence-corrected chi connectivity index (χ3v) is 9.83. The summed E-state index contributed by atoms with van der Waals surface area (Å²) in [5.74, 6) is 0.898. The molecule has 2 fully saturated rings. The van der Waals surface area contributed by atoms with Gasteiger partial charge in [0.05, 0.1) is 22.8 Å². The normalized spacial score (nSPS) is 16.2. The van der Waals surface area contributed by atoms with Gasteiger partial charge in [0, 0.05) is 56.8 Å². The Morgan fingerprint density at radius 1 is 0.938 bits per heavy atom. The van der Waals surface area contributed by atoms with E-state index in [1.54, 1.807) is 28.2 Å². The molecule has 268 valence electrons. The number of oxime groups is 1. The molecule has 5 heterocycles. The molecule has 5 rings (SSSR count). The number of amides is 2. The first-order valence-electron chi connectivity index (χ1n) is 15.8. The molecule has 0 saturated carbocycles. The van der Waals surface area contributed by atoms with Gasteiger partial charge in [-0.05, 0) is 93.2 Å². The Morgan fingerprint density at radius 3 is 1.94 bits per heavy atom. The predicted molar refractivity (Wildman–Crippen MR) is 190 cm³/mol. The number of rotatable bonds is 4. The standard InChI is InChI=1S/C15H20N2O3S.C14H20BrN3O3S.C3H8O2/c1-15(2,3)19-14(18)17-7-4-10(5-8-17)12-13-11(20-16-12)6-9-21-13;1-14(2,3)21-13(19)18-7-5-17(6-8-18)12(16-20)11-10(15)4-9-22-11;1-5-3-2-4/h6,9-10H,4-5,7-8H2,1-3H3;4,9,20H,5-8H2,1-3H3;4H,2-3H2,1H3/b;16-12-;. The summed E-state index contributed by atoms with van der Waals surface area (Å²) in [6.07, 6.45) is 1.28. The number of aliphatic hydroxyl groups is 1. The largest absolute Gasteiger partial charge is 0.444 e. The topological polar surface area (TPSA) is 150 Å². The lowest BCUT2D eigenvalue weighted by molar-refractivity contribution is 0.0181. The number of aromatic nitrogens is 1. The molecule has 0 bridgehead atoms. The minimum absolute atomic E-state index is 0.122. The quantitative estimate of drug-likeness (QED) is 0.125.